The van der Waals surface area contributed by atoms with Crippen molar-refractivity contribution in [3.63, 3.8) is 0 Å². The molecule has 0 aliphatic carbocycles. The van der Waals surface area contributed by atoms with Crippen LogP contribution in [0.15, 0.2) is 64.0 Å². The average Bonchev–Trinajstić information content (AvgIpc) is 3.34. The molecule has 0 saturated carbocycles. The average molecular weight is 456 g/mol. The number of benzene rings is 2. The van der Waals surface area contributed by atoms with Crippen LogP contribution in [0.5, 0.6) is 0 Å². The lowest BCUT2D eigenvalue weighted by Gasteiger charge is -2.11. The Morgan fingerprint density at radius 2 is 1.94 bits per heavy atom. The minimum Gasteiger partial charge on any atom is -0.362 e. The quantitative estimate of drug-likeness (QED) is 0.636. The first-order valence-corrected chi connectivity index (χ1v) is 11.5. The van der Waals surface area contributed by atoms with Crippen molar-refractivity contribution < 1.29 is 17.6 Å². The third-order valence-corrected chi connectivity index (χ3v) is 6.58. The number of hydrogen-bond acceptors (Lipinski definition) is 4. The van der Waals surface area contributed by atoms with Crippen molar-refractivity contribution in [3.8, 4) is 5.69 Å². The van der Waals surface area contributed by atoms with Crippen LogP contribution in [-0.4, -0.2) is 48.4 Å². The molecule has 1 fully saturated rings. The van der Waals surface area contributed by atoms with Gasteiger partial charge in [0.2, 0.25) is 0 Å². The minimum atomic E-state index is -3.90. The number of rotatable bonds is 5. The maximum Gasteiger partial charge on any atom is 0.284 e. The molecular formula is C22H22FN5O3S. The molecular weight excluding hydrogens is 433 g/mol. The zero-order valence-electron chi connectivity index (χ0n) is 17.6. The van der Waals surface area contributed by atoms with Gasteiger partial charge in [-0.1, -0.05) is 6.07 Å². The summed E-state index contributed by atoms with van der Waals surface area (Å²) in [4.78, 5) is 14.6. The van der Waals surface area contributed by atoms with Crippen molar-refractivity contribution in [3.05, 3.63) is 71.8 Å². The summed E-state index contributed by atoms with van der Waals surface area (Å²) >= 11 is 0. The monoisotopic (exact) mass is 455 g/mol. The molecule has 1 aromatic heterocycles. The van der Waals surface area contributed by atoms with E-state index in [4.69, 9.17) is 0 Å². The molecule has 4 rings (SSSR count). The molecule has 3 aromatic rings. The van der Waals surface area contributed by atoms with Gasteiger partial charge >= 0.3 is 0 Å². The predicted octanol–water partition coefficient (Wildman–Crippen LogP) is 3.38. The first-order valence-electron chi connectivity index (χ1n) is 10.0. The molecule has 10 heteroatoms. The van der Waals surface area contributed by atoms with Crippen LogP contribution in [0, 0.1) is 12.7 Å². The highest BCUT2D eigenvalue weighted by Gasteiger charge is 2.21. The molecule has 2 aromatic carbocycles. The third-order valence-electron chi connectivity index (χ3n) is 5.28. The van der Waals surface area contributed by atoms with Crippen LogP contribution in [0.4, 0.5) is 10.1 Å². The van der Waals surface area contributed by atoms with Gasteiger partial charge in [-0.2, -0.15) is 13.5 Å². The third kappa shape index (κ3) is 4.40. The topological polar surface area (TPSA) is 96.7 Å². The van der Waals surface area contributed by atoms with Crippen molar-refractivity contribution in [2.24, 2.45) is 4.40 Å². The van der Waals surface area contributed by atoms with E-state index < -0.39 is 15.9 Å². The summed E-state index contributed by atoms with van der Waals surface area (Å²) in [6.45, 7) is 2.50. The van der Waals surface area contributed by atoms with Gasteiger partial charge in [-0.05, 0) is 55.8 Å². The van der Waals surface area contributed by atoms with Gasteiger partial charge in [0.25, 0.3) is 15.9 Å². The summed E-state index contributed by atoms with van der Waals surface area (Å²) in [6, 6.07) is 11.7. The number of carbonyl (C=O) groups excluding carboxylic acids is 1. The molecule has 2 heterocycles. The van der Waals surface area contributed by atoms with Crippen LogP contribution >= 0.6 is 0 Å². The number of anilines is 1. The Kier molecular flexibility index (Phi) is 5.79. The second kappa shape index (κ2) is 8.54. The van der Waals surface area contributed by atoms with Gasteiger partial charge in [-0.3, -0.25) is 4.79 Å². The lowest BCUT2D eigenvalue weighted by molar-refractivity contribution is 0.102. The number of likely N-dealkylation sites (tertiary alicyclic amines) is 1. The fraction of sp³-hybridized carbons (Fsp3) is 0.227. The second-order valence-corrected chi connectivity index (χ2v) is 9.13. The van der Waals surface area contributed by atoms with Gasteiger partial charge in [0.15, 0.2) is 0 Å². The highest BCUT2D eigenvalue weighted by atomic mass is 32.2. The van der Waals surface area contributed by atoms with E-state index >= 15 is 0 Å². The van der Waals surface area contributed by atoms with E-state index in [1.165, 1.54) is 35.1 Å². The number of carbonyl (C=O) groups is 1. The van der Waals surface area contributed by atoms with Gasteiger partial charge in [0, 0.05) is 25.7 Å². The fourth-order valence-electron chi connectivity index (χ4n) is 3.51. The van der Waals surface area contributed by atoms with Crippen LogP contribution in [0.2, 0.25) is 0 Å². The largest absolute Gasteiger partial charge is 0.362 e. The molecule has 0 spiro atoms. The smallest absolute Gasteiger partial charge is 0.284 e. The van der Waals surface area contributed by atoms with Crippen LogP contribution < -0.4 is 5.32 Å². The standard InChI is InChI=1S/C22H22FN5O3S/c1-15-20(14-24-28(15)18-10-8-16(23)9-11-18)22(29)25-17-5-3-6-19(13-17)32(30,31)26-21-7-4-12-27(21)2/h3,5-6,8-11,13-14H,4,7,12H2,1-2H3,(H,25,29)/b26-21+. The summed E-state index contributed by atoms with van der Waals surface area (Å²) in [5.74, 6) is -0.272. The molecule has 1 N–H and O–H groups in total. The molecule has 8 nitrogen and oxygen atoms in total. The molecule has 0 bridgehead atoms. The van der Waals surface area contributed by atoms with E-state index in [9.17, 15) is 17.6 Å². The van der Waals surface area contributed by atoms with Crippen molar-refractivity contribution in [2.75, 3.05) is 18.9 Å². The van der Waals surface area contributed by atoms with E-state index in [-0.39, 0.29) is 10.7 Å². The van der Waals surface area contributed by atoms with Crippen LogP contribution in [0.25, 0.3) is 5.69 Å². The van der Waals surface area contributed by atoms with Crippen molar-refractivity contribution in [2.45, 2.75) is 24.7 Å². The van der Waals surface area contributed by atoms with Crippen LogP contribution in [-0.2, 0) is 10.0 Å². The Bertz CT molecular complexity index is 1300. The first kappa shape index (κ1) is 21.7. The highest BCUT2D eigenvalue weighted by Crippen LogP contribution is 2.21. The maximum atomic E-state index is 13.2. The zero-order chi connectivity index (χ0) is 22.9. The van der Waals surface area contributed by atoms with Gasteiger partial charge in [-0.15, -0.1) is 4.40 Å². The molecule has 1 amide bonds. The lowest BCUT2D eigenvalue weighted by Crippen LogP contribution is -2.20. The Balaban J connectivity index is 1.55. The van der Waals surface area contributed by atoms with E-state index in [1.807, 2.05) is 11.9 Å². The molecule has 1 saturated heterocycles. The van der Waals surface area contributed by atoms with Gasteiger partial charge < -0.3 is 10.2 Å². The summed E-state index contributed by atoms with van der Waals surface area (Å²) in [5, 5.41) is 6.93. The number of aromatic nitrogens is 2. The van der Waals surface area contributed by atoms with Crippen LogP contribution in [0.1, 0.15) is 28.9 Å². The summed E-state index contributed by atoms with van der Waals surface area (Å²) in [5.41, 5.74) is 1.82. The lowest BCUT2D eigenvalue weighted by atomic mass is 10.2. The summed E-state index contributed by atoms with van der Waals surface area (Å²) < 4.78 is 44.1. The normalized spacial score (nSPS) is 15.3. The van der Waals surface area contributed by atoms with E-state index in [1.54, 1.807) is 31.2 Å². The molecule has 166 valence electrons. The number of sulfonamides is 1. The molecule has 1 aliphatic heterocycles. The number of amidine groups is 1. The molecule has 1 aliphatic rings. The van der Waals surface area contributed by atoms with Crippen molar-refractivity contribution in [1.82, 2.24) is 14.7 Å². The molecule has 32 heavy (non-hydrogen) atoms. The number of halogens is 1. The maximum absolute atomic E-state index is 13.2. The second-order valence-electron chi connectivity index (χ2n) is 7.52. The Morgan fingerprint density at radius 3 is 2.62 bits per heavy atom. The Hall–Kier alpha value is -3.53. The highest BCUT2D eigenvalue weighted by molar-refractivity contribution is 7.90. The van der Waals surface area contributed by atoms with E-state index in [0.717, 1.165) is 13.0 Å². The number of amides is 1. The number of nitrogens with one attached hydrogen (secondary N) is 1. The number of hydrogen-bond donors (Lipinski definition) is 1. The van der Waals surface area contributed by atoms with Crippen molar-refractivity contribution >= 4 is 27.5 Å². The zero-order valence-corrected chi connectivity index (χ0v) is 18.4. The molecule has 0 atom stereocenters. The first-order chi connectivity index (χ1) is 15.2. The Labute approximate surface area is 185 Å². The fourth-order valence-corrected chi connectivity index (χ4v) is 4.65. The van der Waals surface area contributed by atoms with Gasteiger partial charge in [0.05, 0.1) is 28.0 Å². The van der Waals surface area contributed by atoms with E-state index in [0.29, 0.717) is 34.9 Å². The molecule has 0 unspecified atom stereocenters. The van der Waals surface area contributed by atoms with Gasteiger partial charge in [-0.25, -0.2) is 9.07 Å². The minimum absolute atomic E-state index is 0.00169. The summed E-state index contributed by atoms with van der Waals surface area (Å²) in [7, 11) is -2.08. The molecule has 0 radical (unpaired) electrons. The number of nitrogens with zero attached hydrogens (tertiary/aromatic N) is 4. The van der Waals surface area contributed by atoms with Gasteiger partial charge in [0.1, 0.15) is 11.7 Å². The Morgan fingerprint density at radius 1 is 1.19 bits per heavy atom. The van der Waals surface area contributed by atoms with Crippen molar-refractivity contribution in [1.29, 1.82) is 0 Å². The SMILES string of the molecule is Cc1c(C(=O)Nc2cccc(S(=O)(=O)/N=C3\CCCN3C)c2)cnn1-c1ccc(F)cc1. The predicted molar refractivity (Wildman–Crippen MR) is 119 cm³/mol. The van der Waals surface area contributed by atoms with E-state index in [2.05, 4.69) is 14.8 Å². The van der Waals surface area contributed by atoms with Crippen LogP contribution in [0.3, 0.4) is 0 Å². The summed E-state index contributed by atoms with van der Waals surface area (Å²) in [6.07, 6.45) is 2.89.